The maximum absolute atomic E-state index is 12.3. The van der Waals surface area contributed by atoms with Crippen LogP contribution in [-0.2, 0) is 16.0 Å². The number of amides is 1. The van der Waals surface area contributed by atoms with Crippen molar-refractivity contribution in [2.75, 3.05) is 14.2 Å². The maximum atomic E-state index is 12.3. The Morgan fingerprint density at radius 1 is 1.21 bits per heavy atom. The number of ether oxygens (including phenoxy) is 2. The Balaban J connectivity index is 2.18. The van der Waals surface area contributed by atoms with Gasteiger partial charge in [-0.25, -0.2) is 9.78 Å². The Labute approximate surface area is 139 Å². The molecule has 24 heavy (non-hydrogen) atoms. The van der Waals surface area contributed by atoms with Crippen LogP contribution in [0, 0.1) is 0 Å². The minimum atomic E-state index is -0.894. The summed E-state index contributed by atoms with van der Waals surface area (Å²) < 4.78 is 9.92. The Kier molecular flexibility index (Phi) is 5.73. The number of rotatable bonds is 6. The van der Waals surface area contributed by atoms with Gasteiger partial charge in [-0.05, 0) is 30.3 Å². The van der Waals surface area contributed by atoms with Crippen molar-refractivity contribution >= 4 is 11.9 Å². The molecule has 1 heterocycles. The van der Waals surface area contributed by atoms with Gasteiger partial charge < -0.3 is 19.9 Å². The Hall–Kier alpha value is -3.09. The van der Waals surface area contributed by atoms with Crippen LogP contribution >= 0.6 is 0 Å². The highest BCUT2D eigenvalue weighted by Crippen LogP contribution is 2.17. The van der Waals surface area contributed by atoms with E-state index < -0.39 is 17.9 Å². The van der Waals surface area contributed by atoms with Gasteiger partial charge in [-0.1, -0.05) is 6.07 Å². The summed E-state index contributed by atoms with van der Waals surface area (Å²) in [5.41, 5.74) is 0.987. The van der Waals surface area contributed by atoms with Crippen LogP contribution in [0.1, 0.15) is 15.9 Å². The summed E-state index contributed by atoms with van der Waals surface area (Å²) in [7, 11) is 2.73. The molecule has 0 saturated heterocycles. The zero-order valence-corrected chi connectivity index (χ0v) is 13.4. The zero-order chi connectivity index (χ0) is 17.5. The van der Waals surface area contributed by atoms with Crippen LogP contribution in [-0.4, -0.2) is 42.2 Å². The van der Waals surface area contributed by atoms with E-state index >= 15 is 0 Å². The minimum absolute atomic E-state index is 0.0520. The molecular weight excluding hydrogens is 312 g/mol. The number of esters is 1. The van der Waals surface area contributed by atoms with Crippen LogP contribution in [0.5, 0.6) is 11.6 Å². The normalized spacial score (nSPS) is 11.4. The van der Waals surface area contributed by atoms with E-state index in [0.717, 1.165) is 0 Å². The number of nitrogens with zero attached hydrogens (tertiary/aromatic N) is 1. The third-order valence-electron chi connectivity index (χ3n) is 3.39. The number of methoxy groups -OCH3 is 2. The summed E-state index contributed by atoms with van der Waals surface area (Å²) in [6.45, 7) is 0. The molecule has 2 aromatic rings. The van der Waals surface area contributed by atoms with Gasteiger partial charge >= 0.3 is 5.97 Å². The molecule has 0 aliphatic rings. The summed E-state index contributed by atoms with van der Waals surface area (Å²) in [4.78, 5) is 28.4. The second-order valence-electron chi connectivity index (χ2n) is 4.97. The van der Waals surface area contributed by atoms with Gasteiger partial charge in [-0.3, -0.25) is 4.79 Å². The van der Waals surface area contributed by atoms with Crippen molar-refractivity contribution in [2.24, 2.45) is 0 Å². The monoisotopic (exact) mass is 330 g/mol. The number of aromatic nitrogens is 1. The molecule has 1 amide bonds. The quantitative estimate of drug-likeness (QED) is 0.775. The van der Waals surface area contributed by atoms with Gasteiger partial charge in [0.05, 0.1) is 14.2 Å². The first-order valence-electron chi connectivity index (χ1n) is 7.20. The number of pyridine rings is 1. The highest BCUT2D eigenvalue weighted by molar-refractivity contribution is 5.96. The molecule has 1 aromatic heterocycles. The lowest BCUT2D eigenvalue weighted by molar-refractivity contribution is -0.142. The number of phenols is 1. The molecule has 1 aromatic carbocycles. The van der Waals surface area contributed by atoms with E-state index in [1.54, 1.807) is 18.3 Å². The average Bonchev–Trinajstić information content (AvgIpc) is 2.61. The van der Waals surface area contributed by atoms with E-state index in [0.29, 0.717) is 17.0 Å². The van der Waals surface area contributed by atoms with E-state index in [4.69, 9.17) is 9.47 Å². The predicted octanol–water partition coefficient (Wildman–Crippen LogP) is 1.31. The molecule has 0 unspecified atom stereocenters. The number of hydrogen-bond acceptors (Lipinski definition) is 6. The molecule has 2 rings (SSSR count). The first kappa shape index (κ1) is 17.3. The van der Waals surface area contributed by atoms with Crippen LogP contribution in [0.3, 0.4) is 0 Å². The summed E-state index contributed by atoms with van der Waals surface area (Å²) in [6, 6.07) is 8.29. The summed E-state index contributed by atoms with van der Waals surface area (Å²) in [5.74, 6) is -0.595. The van der Waals surface area contributed by atoms with Gasteiger partial charge in [0.15, 0.2) is 0 Å². The van der Waals surface area contributed by atoms with Crippen molar-refractivity contribution in [3.05, 3.63) is 53.7 Å². The van der Waals surface area contributed by atoms with E-state index in [-0.39, 0.29) is 12.2 Å². The number of benzene rings is 1. The predicted molar refractivity (Wildman–Crippen MR) is 85.9 cm³/mol. The number of carbonyl (C=O) groups excluding carboxylic acids is 2. The fourth-order valence-electron chi connectivity index (χ4n) is 2.17. The molecule has 126 valence electrons. The van der Waals surface area contributed by atoms with E-state index in [9.17, 15) is 14.7 Å². The fraction of sp³-hybridized carbons (Fsp3) is 0.235. The molecule has 7 nitrogen and oxygen atoms in total. The van der Waals surface area contributed by atoms with Gasteiger partial charge in [0.1, 0.15) is 11.8 Å². The molecule has 1 atom stereocenters. The molecule has 0 aliphatic carbocycles. The largest absolute Gasteiger partial charge is 0.508 e. The Morgan fingerprint density at radius 2 is 1.92 bits per heavy atom. The van der Waals surface area contributed by atoms with Gasteiger partial charge in [0.25, 0.3) is 5.91 Å². The molecule has 0 spiro atoms. The minimum Gasteiger partial charge on any atom is -0.508 e. The molecule has 7 heteroatoms. The number of aromatic hydroxyl groups is 1. The third-order valence-corrected chi connectivity index (χ3v) is 3.39. The van der Waals surface area contributed by atoms with Gasteiger partial charge in [-0.2, -0.15) is 0 Å². The van der Waals surface area contributed by atoms with Crippen molar-refractivity contribution < 1.29 is 24.2 Å². The topological polar surface area (TPSA) is 97.8 Å². The second kappa shape index (κ2) is 7.96. The van der Waals surface area contributed by atoms with Crippen LogP contribution in [0.4, 0.5) is 0 Å². The van der Waals surface area contributed by atoms with Crippen molar-refractivity contribution in [1.82, 2.24) is 10.3 Å². The first-order valence-corrected chi connectivity index (χ1v) is 7.20. The Bertz CT molecular complexity index is 715. The lowest BCUT2D eigenvalue weighted by atomic mass is 10.1. The van der Waals surface area contributed by atoms with Crippen molar-refractivity contribution in [1.29, 1.82) is 0 Å². The summed E-state index contributed by atoms with van der Waals surface area (Å²) >= 11 is 0. The van der Waals surface area contributed by atoms with Crippen LogP contribution in [0.2, 0.25) is 0 Å². The van der Waals surface area contributed by atoms with Crippen molar-refractivity contribution in [2.45, 2.75) is 12.5 Å². The molecule has 0 bridgehead atoms. The first-order chi connectivity index (χ1) is 11.5. The number of hydrogen-bond donors (Lipinski definition) is 2. The van der Waals surface area contributed by atoms with Gasteiger partial charge in [0.2, 0.25) is 5.88 Å². The molecule has 2 N–H and O–H groups in total. The molecular formula is C17H18N2O5. The zero-order valence-electron chi connectivity index (χ0n) is 13.4. The fourth-order valence-corrected chi connectivity index (χ4v) is 2.17. The average molecular weight is 330 g/mol. The van der Waals surface area contributed by atoms with E-state index in [2.05, 4.69) is 10.3 Å². The number of phenolic OH excluding ortho intramolecular Hbond substituents is 1. The molecule has 0 aliphatic heterocycles. The Morgan fingerprint density at radius 3 is 2.54 bits per heavy atom. The summed E-state index contributed by atoms with van der Waals surface area (Å²) in [5, 5.41) is 11.9. The highest BCUT2D eigenvalue weighted by Gasteiger charge is 2.24. The molecule has 0 radical (unpaired) electrons. The SMILES string of the molecule is COC(=O)[C@@H](Cc1cccnc1OC)NC(=O)c1ccc(O)cc1. The van der Waals surface area contributed by atoms with E-state index in [1.807, 2.05) is 0 Å². The maximum Gasteiger partial charge on any atom is 0.328 e. The van der Waals surface area contributed by atoms with Gasteiger partial charge in [-0.15, -0.1) is 0 Å². The van der Waals surface area contributed by atoms with Crippen molar-refractivity contribution in [3.8, 4) is 11.6 Å². The third kappa shape index (κ3) is 4.22. The highest BCUT2D eigenvalue weighted by atomic mass is 16.5. The molecule has 0 fully saturated rings. The van der Waals surface area contributed by atoms with Crippen molar-refractivity contribution in [3.63, 3.8) is 0 Å². The van der Waals surface area contributed by atoms with Gasteiger partial charge in [0, 0.05) is 23.7 Å². The smallest absolute Gasteiger partial charge is 0.328 e. The van der Waals surface area contributed by atoms with Crippen LogP contribution in [0.15, 0.2) is 42.6 Å². The molecule has 0 saturated carbocycles. The van der Waals surface area contributed by atoms with Crippen LogP contribution < -0.4 is 10.1 Å². The van der Waals surface area contributed by atoms with E-state index in [1.165, 1.54) is 38.5 Å². The van der Waals surface area contributed by atoms with Crippen LogP contribution in [0.25, 0.3) is 0 Å². The second-order valence-corrected chi connectivity index (χ2v) is 4.97. The number of carbonyl (C=O) groups is 2. The standard InChI is InChI=1S/C17H18N2O5/c1-23-16-12(4-3-9-18-16)10-14(17(22)24-2)19-15(21)11-5-7-13(20)8-6-11/h3-9,14,20H,10H2,1-2H3,(H,19,21)/t14-/m1/s1. The lowest BCUT2D eigenvalue weighted by Crippen LogP contribution is -2.43. The number of nitrogens with one attached hydrogen (secondary N) is 1. The summed E-state index contributed by atoms with van der Waals surface area (Å²) in [6.07, 6.45) is 1.75. The lowest BCUT2D eigenvalue weighted by Gasteiger charge is -2.17.